The molecule has 6 heteroatoms. The standard InChI is InChI=1S/C25H28N2O3S/c1-18-15-22(31(29,30)27(3)4)16-24(19(18)2)26-25(28)17-23(20-11-7-5-8-12-20)21-13-9-6-10-14-21/h5-16,23H,17H2,1-4H3,(H,26,28). The first kappa shape index (κ1) is 22.7. The average molecular weight is 437 g/mol. The molecule has 0 saturated carbocycles. The SMILES string of the molecule is Cc1cc(S(=O)(=O)N(C)C)cc(NC(=O)CC(c2ccccc2)c2ccccc2)c1C. The Kier molecular flexibility index (Phi) is 6.93. The van der Waals surface area contributed by atoms with Crippen LogP contribution in [-0.2, 0) is 14.8 Å². The van der Waals surface area contributed by atoms with E-state index < -0.39 is 10.0 Å². The van der Waals surface area contributed by atoms with Crippen LogP contribution in [0.1, 0.15) is 34.6 Å². The molecule has 0 aliphatic carbocycles. The highest BCUT2D eigenvalue weighted by Crippen LogP contribution is 2.30. The molecule has 0 aromatic heterocycles. The second-order valence-corrected chi connectivity index (χ2v) is 9.98. The van der Waals surface area contributed by atoms with Gasteiger partial charge in [-0.3, -0.25) is 4.79 Å². The number of hydrogen-bond donors (Lipinski definition) is 1. The number of anilines is 1. The van der Waals surface area contributed by atoms with E-state index in [4.69, 9.17) is 0 Å². The van der Waals surface area contributed by atoms with Gasteiger partial charge in [-0.15, -0.1) is 0 Å². The third-order valence-corrected chi connectivity index (χ3v) is 7.28. The van der Waals surface area contributed by atoms with Gasteiger partial charge in [0.15, 0.2) is 0 Å². The molecule has 0 heterocycles. The number of carbonyl (C=O) groups is 1. The fraction of sp³-hybridized carbons (Fsp3) is 0.240. The van der Waals surface area contributed by atoms with Gasteiger partial charge in [-0.1, -0.05) is 60.7 Å². The number of carbonyl (C=O) groups excluding carboxylic acids is 1. The summed E-state index contributed by atoms with van der Waals surface area (Å²) >= 11 is 0. The number of aryl methyl sites for hydroxylation is 1. The lowest BCUT2D eigenvalue weighted by Crippen LogP contribution is -2.23. The molecule has 0 bridgehead atoms. The summed E-state index contributed by atoms with van der Waals surface area (Å²) in [6, 6.07) is 23.0. The molecule has 162 valence electrons. The molecule has 0 spiro atoms. The zero-order valence-electron chi connectivity index (χ0n) is 18.3. The predicted molar refractivity (Wildman–Crippen MR) is 125 cm³/mol. The zero-order chi connectivity index (χ0) is 22.6. The van der Waals surface area contributed by atoms with E-state index in [9.17, 15) is 13.2 Å². The van der Waals surface area contributed by atoms with Crippen LogP contribution in [-0.4, -0.2) is 32.7 Å². The molecule has 1 N–H and O–H groups in total. The van der Waals surface area contributed by atoms with Gasteiger partial charge in [-0.05, 0) is 48.2 Å². The van der Waals surface area contributed by atoms with E-state index in [2.05, 4.69) is 5.32 Å². The first-order valence-electron chi connectivity index (χ1n) is 10.1. The maximum Gasteiger partial charge on any atom is 0.242 e. The van der Waals surface area contributed by atoms with E-state index in [1.165, 1.54) is 24.5 Å². The Bertz CT molecular complexity index is 1120. The summed E-state index contributed by atoms with van der Waals surface area (Å²) < 4.78 is 26.4. The summed E-state index contributed by atoms with van der Waals surface area (Å²) in [7, 11) is -0.615. The first-order chi connectivity index (χ1) is 14.7. The molecule has 5 nitrogen and oxygen atoms in total. The summed E-state index contributed by atoms with van der Waals surface area (Å²) in [5, 5.41) is 2.95. The third kappa shape index (κ3) is 5.21. The van der Waals surface area contributed by atoms with Gasteiger partial charge < -0.3 is 5.32 Å². The summed E-state index contributed by atoms with van der Waals surface area (Å²) in [6.45, 7) is 3.72. The molecule has 0 aliphatic rings. The molecule has 3 aromatic carbocycles. The number of rotatable bonds is 7. The Morgan fingerprint density at radius 2 is 1.42 bits per heavy atom. The monoisotopic (exact) mass is 436 g/mol. The highest BCUT2D eigenvalue weighted by molar-refractivity contribution is 7.89. The summed E-state index contributed by atoms with van der Waals surface area (Å²) in [4.78, 5) is 13.2. The largest absolute Gasteiger partial charge is 0.326 e. The number of nitrogens with one attached hydrogen (secondary N) is 1. The van der Waals surface area contributed by atoms with Gasteiger partial charge in [0.05, 0.1) is 4.90 Å². The van der Waals surface area contributed by atoms with Gasteiger partial charge >= 0.3 is 0 Å². The maximum absolute atomic E-state index is 13.1. The van der Waals surface area contributed by atoms with Gasteiger partial charge in [0, 0.05) is 32.1 Å². The van der Waals surface area contributed by atoms with E-state index in [-0.39, 0.29) is 23.1 Å². The Hall–Kier alpha value is -2.96. The van der Waals surface area contributed by atoms with E-state index in [0.717, 1.165) is 22.3 Å². The Morgan fingerprint density at radius 3 is 1.90 bits per heavy atom. The van der Waals surface area contributed by atoms with Crippen molar-refractivity contribution in [2.45, 2.75) is 31.1 Å². The first-order valence-corrected chi connectivity index (χ1v) is 11.6. The van der Waals surface area contributed by atoms with Crippen LogP contribution < -0.4 is 5.32 Å². The topological polar surface area (TPSA) is 66.5 Å². The van der Waals surface area contributed by atoms with Crippen LogP contribution in [0, 0.1) is 13.8 Å². The van der Waals surface area contributed by atoms with Gasteiger partial charge in [0.2, 0.25) is 15.9 Å². The van der Waals surface area contributed by atoms with Crippen molar-refractivity contribution in [3.8, 4) is 0 Å². The number of amides is 1. The van der Waals surface area contributed by atoms with Crippen molar-refractivity contribution >= 4 is 21.6 Å². The van der Waals surface area contributed by atoms with Crippen LogP contribution >= 0.6 is 0 Å². The minimum Gasteiger partial charge on any atom is -0.326 e. The van der Waals surface area contributed by atoms with Crippen molar-refractivity contribution in [3.05, 3.63) is 95.1 Å². The maximum atomic E-state index is 13.1. The number of benzene rings is 3. The molecule has 0 atom stereocenters. The van der Waals surface area contributed by atoms with Crippen molar-refractivity contribution < 1.29 is 13.2 Å². The molecule has 1 amide bonds. The Morgan fingerprint density at radius 1 is 0.903 bits per heavy atom. The zero-order valence-corrected chi connectivity index (χ0v) is 19.1. The Balaban J connectivity index is 1.91. The molecule has 3 rings (SSSR count). The van der Waals surface area contributed by atoms with Crippen LogP contribution in [0.4, 0.5) is 5.69 Å². The molecular weight excluding hydrogens is 408 g/mol. The van der Waals surface area contributed by atoms with Crippen molar-refractivity contribution in [1.82, 2.24) is 4.31 Å². The van der Waals surface area contributed by atoms with Gasteiger partial charge in [0.25, 0.3) is 0 Å². The van der Waals surface area contributed by atoms with Crippen molar-refractivity contribution in [1.29, 1.82) is 0 Å². The second kappa shape index (κ2) is 9.45. The molecule has 0 unspecified atom stereocenters. The van der Waals surface area contributed by atoms with Gasteiger partial charge in [-0.25, -0.2) is 12.7 Å². The van der Waals surface area contributed by atoms with Crippen molar-refractivity contribution in [3.63, 3.8) is 0 Å². The summed E-state index contributed by atoms with van der Waals surface area (Å²) in [5.41, 5.74) is 4.29. The number of nitrogens with zero attached hydrogens (tertiary/aromatic N) is 1. The highest BCUT2D eigenvalue weighted by Gasteiger charge is 2.22. The van der Waals surface area contributed by atoms with E-state index in [0.29, 0.717) is 5.69 Å². The third-order valence-electron chi connectivity index (χ3n) is 5.49. The lowest BCUT2D eigenvalue weighted by molar-refractivity contribution is -0.116. The molecule has 0 radical (unpaired) electrons. The number of hydrogen-bond acceptors (Lipinski definition) is 3. The summed E-state index contributed by atoms with van der Waals surface area (Å²) in [6.07, 6.45) is 0.247. The van der Waals surface area contributed by atoms with E-state index in [1.807, 2.05) is 74.5 Å². The van der Waals surface area contributed by atoms with Crippen LogP contribution in [0.25, 0.3) is 0 Å². The lowest BCUT2D eigenvalue weighted by atomic mass is 9.88. The van der Waals surface area contributed by atoms with Crippen LogP contribution in [0.3, 0.4) is 0 Å². The fourth-order valence-corrected chi connectivity index (χ4v) is 4.52. The van der Waals surface area contributed by atoms with Gasteiger partial charge in [0.1, 0.15) is 0 Å². The normalized spacial score (nSPS) is 11.7. The van der Waals surface area contributed by atoms with Crippen LogP contribution in [0.5, 0.6) is 0 Å². The fourth-order valence-electron chi connectivity index (χ4n) is 3.50. The summed E-state index contributed by atoms with van der Waals surface area (Å²) in [5.74, 6) is -0.267. The van der Waals surface area contributed by atoms with E-state index >= 15 is 0 Å². The molecule has 0 fully saturated rings. The predicted octanol–water partition coefficient (Wildman–Crippen LogP) is 4.71. The molecule has 0 aliphatic heterocycles. The Labute approximate surface area is 184 Å². The second-order valence-electron chi connectivity index (χ2n) is 7.83. The highest BCUT2D eigenvalue weighted by atomic mass is 32.2. The molecule has 31 heavy (non-hydrogen) atoms. The van der Waals surface area contributed by atoms with Crippen molar-refractivity contribution in [2.75, 3.05) is 19.4 Å². The number of sulfonamides is 1. The van der Waals surface area contributed by atoms with Crippen LogP contribution in [0.15, 0.2) is 77.7 Å². The van der Waals surface area contributed by atoms with Gasteiger partial charge in [-0.2, -0.15) is 0 Å². The minimum atomic E-state index is -3.60. The lowest BCUT2D eigenvalue weighted by Gasteiger charge is -2.20. The quantitative estimate of drug-likeness (QED) is 0.583. The molecule has 0 saturated heterocycles. The van der Waals surface area contributed by atoms with E-state index in [1.54, 1.807) is 6.07 Å². The minimum absolute atomic E-state index is 0.0995. The smallest absolute Gasteiger partial charge is 0.242 e. The van der Waals surface area contributed by atoms with Crippen molar-refractivity contribution in [2.24, 2.45) is 0 Å². The molecule has 3 aromatic rings. The molecular formula is C25H28N2O3S. The van der Waals surface area contributed by atoms with Crippen LogP contribution in [0.2, 0.25) is 0 Å². The average Bonchev–Trinajstić information content (AvgIpc) is 2.76.